The predicted molar refractivity (Wildman–Crippen MR) is 123 cm³/mol. The summed E-state index contributed by atoms with van der Waals surface area (Å²) in [5.41, 5.74) is 4.11. The van der Waals surface area contributed by atoms with Gasteiger partial charge in [0.05, 0.1) is 17.4 Å². The zero-order chi connectivity index (χ0) is 22.4. The second-order valence-electron chi connectivity index (χ2n) is 8.51. The highest BCUT2D eigenvalue weighted by Gasteiger charge is 2.44. The van der Waals surface area contributed by atoms with Gasteiger partial charge >= 0.3 is 0 Å². The molecule has 2 aromatic carbocycles. The number of benzene rings is 2. The number of nitrogens with zero attached hydrogens (tertiary/aromatic N) is 4. The molecule has 1 atom stereocenters. The molecule has 2 aliphatic heterocycles. The first kappa shape index (κ1) is 20.8. The zero-order valence-corrected chi connectivity index (χ0v) is 18.9. The summed E-state index contributed by atoms with van der Waals surface area (Å²) in [6.07, 6.45) is 1.52. The summed E-state index contributed by atoms with van der Waals surface area (Å²) in [7, 11) is 0. The third kappa shape index (κ3) is 3.39. The van der Waals surface area contributed by atoms with E-state index in [4.69, 9.17) is 11.6 Å². The van der Waals surface area contributed by atoms with E-state index in [2.05, 4.69) is 12.0 Å². The molecule has 0 radical (unpaired) electrons. The van der Waals surface area contributed by atoms with Crippen LogP contribution in [0.15, 0.2) is 54.6 Å². The first-order valence-electron chi connectivity index (χ1n) is 11.0. The Labute approximate surface area is 192 Å². The number of para-hydroxylation sites is 1. The average molecular weight is 449 g/mol. The van der Waals surface area contributed by atoms with Gasteiger partial charge in [0.1, 0.15) is 5.69 Å². The van der Waals surface area contributed by atoms with Crippen LogP contribution in [0.3, 0.4) is 0 Å². The van der Waals surface area contributed by atoms with Crippen molar-refractivity contribution in [2.75, 3.05) is 13.1 Å². The van der Waals surface area contributed by atoms with Crippen molar-refractivity contribution in [3.05, 3.63) is 82.1 Å². The third-order valence-electron chi connectivity index (χ3n) is 6.62. The van der Waals surface area contributed by atoms with Gasteiger partial charge in [-0.25, -0.2) is 4.68 Å². The summed E-state index contributed by atoms with van der Waals surface area (Å²) in [6.45, 7) is 5.31. The van der Waals surface area contributed by atoms with Crippen molar-refractivity contribution >= 4 is 23.4 Å². The van der Waals surface area contributed by atoms with Gasteiger partial charge in [0.25, 0.3) is 11.8 Å². The number of aryl methyl sites for hydroxylation is 1. The standard InChI is InChI=1S/C25H25ClN4O2/c1-16-22-17(2)29(25(32)23(22)30(27-16)21-6-4-3-5-7-21)20-12-14-28(15-13-20)24(31)18-8-10-19(26)11-9-18/h3-11,17,20H,12-15H2,1-2H3. The number of aromatic nitrogens is 2. The quantitative estimate of drug-likeness (QED) is 0.585. The topological polar surface area (TPSA) is 58.4 Å². The molecule has 1 aromatic heterocycles. The lowest BCUT2D eigenvalue weighted by Crippen LogP contribution is -2.47. The lowest BCUT2D eigenvalue weighted by molar-refractivity contribution is 0.0470. The van der Waals surface area contributed by atoms with Crippen molar-refractivity contribution in [2.24, 2.45) is 0 Å². The number of rotatable bonds is 3. The summed E-state index contributed by atoms with van der Waals surface area (Å²) in [6, 6.07) is 16.9. The lowest BCUT2D eigenvalue weighted by atomic mass is 10.0. The van der Waals surface area contributed by atoms with Gasteiger partial charge < -0.3 is 9.80 Å². The van der Waals surface area contributed by atoms with Crippen molar-refractivity contribution in [2.45, 2.75) is 38.8 Å². The van der Waals surface area contributed by atoms with Crippen LogP contribution in [0.1, 0.15) is 57.9 Å². The van der Waals surface area contributed by atoms with Crippen LogP contribution in [0, 0.1) is 6.92 Å². The normalized spacial score (nSPS) is 18.8. The van der Waals surface area contributed by atoms with E-state index >= 15 is 0 Å². The highest BCUT2D eigenvalue weighted by Crippen LogP contribution is 2.40. The van der Waals surface area contributed by atoms with E-state index in [0.717, 1.165) is 29.8 Å². The first-order chi connectivity index (χ1) is 15.5. The molecule has 3 aromatic rings. The summed E-state index contributed by atoms with van der Waals surface area (Å²) in [5, 5.41) is 5.28. The van der Waals surface area contributed by atoms with Crippen LogP contribution >= 0.6 is 11.6 Å². The average Bonchev–Trinajstić information content (AvgIpc) is 3.30. The fourth-order valence-electron chi connectivity index (χ4n) is 5.04. The smallest absolute Gasteiger partial charge is 0.273 e. The molecule has 0 spiro atoms. The molecular weight excluding hydrogens is 424 g/mol. The Morgan fingerprint density at radius 3 is 2.34 bits per heavy atom. The molecule has 3 heterocycles. The van der Waals surface area contributed by atoms with Gasteiger partial charge in [0, 0.05) is 35.3 Å². The van der Waals surface area contributed by atoms with Gasteiger partial charge in [0.15, 0.2) is 0 Å². The van der Waals surface area contributed by atoms with Gasteiger partial charge in [-0.1, -0.05) is 29.8 Å². The Balaban J connectivity index is 1.34. The number of fused-ring (bicyclic) bond motifs is 1. The van der Waals surface area contributed by atoms with Crippen LogP contribution in [-0.2, 0) is 0 Å². The predicted octanol–water partition coefficient (Wildman–Crippen LogP) is 4.66. The van der Waals surface area contributed by atoms with Gasteiger partial charge in [0.2, 0.25) is 0 Å². The van der Waals surface area contributed by atoms with Crippen LogP contribution in [-0.4, -0.2) is 50.5 Å². The van der Waals surface area contributed by atoms with Crippen molar-refractivity contribution in [3.63, 3.8) is 0 Å². The summed E-state index contributed by atoms with van der Waals surface area (Å²) in [4.78, 5) is 30.3. The van der Waals surface area contributed by atoms with Gasteiger partial charge in [-0.2, -0.15) is 5.10 Å². The molecule has 164 valence electrons. The fraction of sp³-hybridized carbons (Fsp3) is 0.320. The SMILES string of the molecule is Cc1nn(-c2ccccc2)c2c1C(C)N(C1CCN(C(=O)c3ccc(Cl)cc3)CC1)C2=O. The minimum atomic E-state index is -0.0292. The van der Waals surface area contributed by atoms with Crippen LogP contribution in [0.2, 0.25) is 5.02 Å². The molecule has 0 aliphatic carbocycles. The van der Waals surface area contributed by atoms with Crippen LogP contribution in [0.25, 0.3) is 5.69 Å². The number of amides is 2. The molecule has 7 heteroatoms. The largest absolute Gasteiger partial charge is 0.338 e. The van der Waals surface area contributed by atoms with Gasteiger partial charge in [-0.15, -0.1) is 0 Å². The Kier molecular flexibility index (Phi) is 5.25. The highest BCUT2D eigenvalue weighted by molar-refractivity contribution is 6.30. The van der Waals surface area contributed by atoms with Gasteiger partial charge in [-0.05, 0) is 63.1 Å². The number of hydrogen-bond acceptors (Lipinski definition) is 3. The van der Waals surface area contributed by atoms with E-state index in [1.165, 1.54) is 0 Å². The molecule has 0 bridgehead atoms. The minimum Gasteiger partial charge on any atom is -0.338 e. The highest BCUT2D eigenvalue weighted by atomic mass is 35.5. The maximum Gasteiger partial charge on any atom is 0.273 e. The van der Waals surface area contributed by atoms with E-state index in [0.29, 0.717) is 29.4 Å². The fourth-order valence-corrected chi connectivity index (χ4v) is 5.17. The zero-order valence-electron chi connectivity index (χ0n) is 18.2. The van der Waals surface area contributed by atoms with Crippen molar-refractivity contribution in [3.8, 4) is 5.69 Å². The van der Waals surface area contributed by atoms with E-state index < -0.39 is 0 Å². The van der Waals surface area contributed by atoms with Crippen molar-refractivity contribution in [1.82, 2.24) is 19.6 Å². The Morgan fingerprint density at radius 1 is 1.03 bits per heavy atom. The van der Waals surface area contributed by atoms with E-state index in [1.54, 1.807) is 28.9 Å². The number of halogens is 1. The lowest BCUT2D eigenvalue weighted by Gasteiger charge is -2.39. The molecule has 5 rings (SSSR count). The molecular formula is C25H25ClN4O2. The second kappa shape index (κ2) is 8.10. The molecule has 2 aliphatic rings. The monoisotopic (exact) mass is 448 g/mol. The first-order valence-corrected chi connectivity index (χ1v) is 11.4. The molecule has 0 N–H and O–H groups in total. The van der Waals surface area contributed by atoms with Crippen LogP contribution in [0.4, 0.5) is 0 Å². The molecule has 0 saturated carbocycles. The van der Waals surface area contributed by atoms with E-state index in [9.17, 15) is 9.59 Å². The summed E-state index contributed by atoms with van der Waals surface area (Å²) < 4.78 is 1.78. The third-order valence-corrected chi connectivity index (χ3v) is 6.87. The number of piperidine rings is 1. The molecule has 32 heavy (non-hydrogen) atoms. The second-order valence-corrected chi connectivity index (χ2v) is 8.95. The van der Waals surface area contributed by atoms with E-state index in [1.807, 2.05) is 47.1 Å². The maximum absolute atomic E-state index is 13.6. The molecule has 1 fully saturated rings. The van der Waals surface area contributed by atoms with E-state index in [-0.39, 0.29) is 23.9 Å². The van der Waals surface area contributed by atoms with Crippen LogP contribution < -0.4 is 0 Å². The number of likely N-dealkylation sites (tertiary alicyclic amines) is 1. The van der Waals surface area contributed by atoms with Gasteiger partial charge in [-0.3, -0.25) is 9.59 Å². The number of hydrogen-bond donors (Lipinski definition) is 0. The molecule has 1 unspecified atom stereocenters. The Hall–Kier alpha value is -3.12. The molecule has 1 saturated heterocycles. The maximum atomic E-state index is 13.6. The summed E-state index contributed by atoms with van der Waals surface area (Å²) >= 11 is 5.94. The van der Waals surface area contributed by atoms with Crippen molar-refractivity contribution in [1.29, 1.82) is 0 Å². The molecule has 6 nitrogen and oxygen atoms in total. The Morgan fingerprint density at radius 2 is 1.69 bits per heavy atom. The minimum absolute atomic E-state index is 0.0137. The number of carbonyl (C=O) groups excluding carboxylic acids is 2. The Bertz CT molecular complexity index is 1160. The number of carbonyl (C=O) groups is 2. The van der Waals surface area contributed by atoms with Crippen molar-refractivity contribution < 1.29 is 9.59 Å². The van der Waals surface area contributed by atoms with Crippen LogP contribution in [0.5, 0.6) is 0 Å². The molecule has 2 amide bonds. The summed E-state index contributed by atoms with van der Waals surface area (Å²) in [5.74, 6) is 0.0409.